The van der Waals surface area contributed by atoms with Gasteiger partial charge in [0.15, 0.2) is 0 Å². The maximum Gasteiger partial charge on any atom is 0.259 e. The molecule has 0 unspecified atom stereocenters. The number of ether oxygens (including phenoxy) is 1. The second-order valence-corrected chi connectivity index (χ2v) is 5.25. The highest BCUT2D eigenvalue weighted by atomic mass is 79.9. The molecular weight excluding hydrogens is 320 g/mol. The van der Waals surface area contributed by atoms with E-state index in [-0.39, 0.29) is 5.91 Å². The van der Waals surface area contributed by atoms with Crippen LogP contribution < -0.4 is 15.8 Å². The van der Waals surface area contributed by atoms with Gasteiger partial charge in [-0.3, -0.25) is 4.79 Å². The monoisotopic (exact) mass is 334 g/mol. The lowest BCUT2D eigenvalue weighted by atomic mass is 10.1. The number of carbonyl (C=O) groups excluding carboxylic acids is 1. The molecule has 3 N–H and O–H groups in total. The second-order valence-electron chi connectivity index (χ2n) is 4.40. The molecule has 0 fully saturated rings. The summed E-state index contributed by atoms with van der Waals surface area (Å²) in [5.41, 5.74) is 8.45. The number of hydrogen-bond donors (Lipinski definition) is 2. The molecule has 0 aliphatic rings. The third-order valence-electron chi connectivity index (χ3n) is 2.84. The zero-order valence-corrected chi connectivity index (χ0v) is 12.8. The molecule has 0 bridgehead atoms. The SMILES string of the molecule is COc1cc(N)ccc1C(=O)Nc1cc(C)ccc1Br. The highest BCUT2D eigenvalue weighted by Crippen LogP contribution is 2.26. The van der Waals surface area contributed by atoms with Gasteiger partial charge in [0.05, 0.1) is 18.4 Å². The Hall–Kier alpha value is -2.01. The van der Waals surface area contributed by atoms with E-state index < -0.39 is 0 Å². The number of rotatable bonds is 3. The zero-order valence-electron chi connectivity index (χ0n) is 11.2. The van der Waals surface area contributed by atoms with Crippen LogP contribution in [0.1, 0.15) is 15.9 Å². The maximum absolute atomic E-state index is 12.3. The van der Waals surface area contributed by atoms with E-state index in [1.165, 1.54) is 7.11 Å². The number of aryl methyl sites for hydroxylation is 1. The van der Waals surface area contributed by atoms with Gasteiger partial charge < -0.3 is 15.8 Å². The molecule has 0 radical (unpaired) electrons. The number of hydrogen-bond acceptors (Lipinski definition) is 3. The molecule has 0 aliphatic heterocycles. The lowest BCUT2D eigenvalue weighted by molar-refractivity contribution is 0.102. The fourth-order valence-electron chi connectivity index (χ4n) is 1.82. The average Bonchev–Trinajstić information content (AvgIpc) is 2.42. The van der Waals surface area contributed by atoms with Gasteiger partial charge in [-0.05, 0) is 52.7 Å². The molecular formula is C15H15BrN2O2. The summed E-state index contributed by atoms with van der Waals surface area (Å²) in [6, 6.07) is 10.7. The minimum atomic E-state index is -0.242. The Balaban J connectivity index is 2.30. The molecule has 0 spiro atoms. The maximum atomic E-state index is 12.3. The summed E-state index contributed by atoms with van der Waals surface area (Å²) < 4.78 is 6.01. The smallest absolute Gasteiger partial charge is 0.259 e. The van der Waals surface area contributed by atoms with Crippen molar-refractivity contribution >= 4 is 33.2 Å². The molecule has 0 saturated carbocycles. The van der Waals surface area contributed by atoms with Crippen molar-refractivity contribution in [2.75, 3.05) is 18.2 Å². The lowest BCUT2D eigenvalue weighted by Crippen LogP contribution is -2.13. The van der Waals surface area contributed by atoms with Gasteiger partial charge in [-0.1, -0.05) is 6.07 Å². The molecule has 0 atom stereocenters. The van der Waals surface area contributed by atoms with Crippen LogP contribution in [-0.4, -0.2) is 13.0 Å². The fourth-order valence-corrected chi connectivity index (χ4v) is 2.17. The van der Waals surface area contributed by atoms with Crippen molar-refractivity contribution in [3.63, 3.8) is 0 Å². The number of anilines is 2. The van der Waals surface area contributed by atoms with Gasteiger partial charge in [-0.15, -0.1) is 0 Å². The Labute approximate surface area is 126 Å². The molecule has 4 nitrogen and oxygen atoms in total. The molecule has 0 aromatic heterocycles. The number of benzene rings is 2. The number of methoxy groups -OCH3 is 1. The normalized spacial score (nSPS) is 10.2. The van der Waals surface area contributed by atoms with E-state index in [1.54, 1.807) is 18.2 Å². The number of amides is 1. The Morgan fingerprint density at radius 3 is 2.70 bits per heavy atom. The predicted octanol–water partition coefficient (Wildman–Crippen LogP) is 3.60. The molecule has 104 valence electrons. The fraction of sp³-hybridized carbons (Fsp3) is 0.133. The van der Waals surface area contributed by atoms with Crippen LogP contribution in [0.4, 0.5) is 11.4 Å². The van der Waals surface area contributed by atoms with Gasteiger partial charge in [-0.2, -0.15) is 0 Å². The summed E-state index contributed by atoms with van der Waals surface area (Å²) in [5.74, 6) is 0.208. The highest BCUT2D eigenvalue weighted by Gasteiger charge is 2.14. The number of carbonyl (C=O) groups is 1. The standard InChI is InChI=1S/C15H15BrN2O2/c1-9-3-6-12(16)13(7-9)18-15(19)11-5-4-10(17)8-14(11)20-2/h3-8H,17H2,1-2H3,(H,18,19). The van der Waals surface area contributed by atoms with Gasteiger partial charge in [0.1, 0.15) is 5.75 Å². The molecule has 5 heteroatoms. The molecule has 0 aliphatic carbocycles. The minimum Gasteiger partial charge on any atom is -0.496 e. The van der Waals surface area contributed by atoms with Crippen LogP contribution in [0.15, 0.2) is 40.9 Å². The van der Waals surface area contributed by atoms with Crippen molar-refractivity contribution in [2.24, 2.45) is 0 Å². The Bertz CT molecular complexity index is 656. The number of nitrogens with one attached hydrogen (secondary N) is 1. The van der Waals surface area contributed by atoms with E-state index in [4.69, 9.17) is 10.5 Å². The van der Waals surface area contributed by atoms with E-state index >= 15 is 0 Å². The van der Waals surface area contributed by atoms with Crippen molar-refractivity contribution in [3.05, 3.63) is 52.0 Å². The van der Waals surface area contributed by atoms with Crippen LogP contribution in [0.2, 0.25) is 0 Å². The Morgan fingerprint density at radius 2 is 2.00 bits per heavy atom. The van der Waals surface area contributed by atoms with Crippen LogP contribution in [0.3, 0.4) is 0 Å². The van der Waals surface area contributed by atoms with Crippen molar-refractivity contribution in [1.29, 1.82) is 0 Å². The van der Waals surface area contributed by atoms with Crippen molar-refractivity contribution in [2.45, 2.75) is 6.92 Å². The minimum absolute atomic E-state index is 0.242. The second kappa shape index (κ2) is 5.96. The zero-order chi connectivity index (χ0) is 14.7. The number of nitrogens with two attached hydrogens (primary N) is 1. The van der Waals surface area contributed by atoms with Gasteiger partial charge >= 0.3 is 0 Å². The highest BCUT2D eigenvalue weighted by molar-refractivity contribution is 9.10. The van der Waals surface area contributed by atoms with Crippen LogP contribution in [0, 0.1) is 6.92 Å². The molecule has 1 amide bonds. The molecule has 2 aromatic rings. The quantitative estimate of drug-likeness (QED) is 0.843. The van der Waals surface area contributed by atoms with Gasteiger partial charge in [0.2, 0.25) is 0 Å². The third kappa shape index (κ3) is 3.11. The first-order valence-corrected chi connectivity index (χ1v) is 6.81. The van der Waals surface area contributed by atoms with Crippen LogP contribution in [-0.2, 0) is 0 Å². The topological polar surface area (TPSA) is 64.3 Å². The molecule has 2 aromatic carbocycles. The summed E-state index contributed by atoms with van der Waals surface area (Å²) in [4.78, 5) is 12.3. The Kier molecular flexibility index (Phi) is 4.29. The number of halogens is 1. The lowest BCUT2D eigenvalue weighted by Gasteiger charge is -2.11. The molecule has 2 rings (SSSR count). The van der Waals surface area contributed by atoms with Crippen LogP contribution in [0.5, 0.6) is 5.75 Å². The van der Waals surface area contributed by atoms with Crippen molar-refractivity contribution in [3.8, 4) is 5.75 Å². The first-order valence-electron chi connectivity index (χ1n) is 6.02. The van der Waals surface area contributed by atoms with E-state index in [0.29, 0.717) is 22.7 Å². The van der Waals surface area contributed by atoms with E-state index in [0.717, 1.165) is 10.0 Å². The van der Waals surface area contributed by atoms with E-state index in [9.17, 15) is 4.79 Å². The first-order chi connectivity index (χ1) is 9.51. The van der Waals surface area contributed by atoms with E-state index in [2.05, 4.69) is 21.2 Å². The molecule has 0 heterocycles. The van der Waals surface area contributed by atoms with Gasteiger partial charge in [-0.25, -0.2) is 0 Å². The van der Waals surface area contributed by atoms with Gasteiger partial charge in [0, 0.05) is 16.2 Å². The third-order valence-corrected chi connectivity index (χ3v) is 3.53. The van der Waals surface area contributed by atoms with Crippen molar-refractivity contribution < 1.29 is 9.53 Å². The predicted molar refractivity (Wildman–Crippen MR) is 84.2 cm³/mol. The average molecular weight is 335 g/mol. The summed E-state index contributed by atoms with van der Waals surface area (Å²) >= 11 is 3.41. The van der Waals surface area contributed by atoms with Gasteiger partial charge in [0.25, 0.3) is 5.91 Å². The molecule has 0 saturated heterocycles. The summed E-state index contributed by atoms with van der Waals surface area (Å²) in [6.45, 7) is 1.96. The number of nitrogen functional groups attached to an aromatic ring is 1. The summed E-state index contributed by atoms with van der Waals surface area (Å²) in [5, 5.41) is 2.85. The first kappa shape index (κ1) is 14.4. The Morgan fingerprint density at radius 1 is 1.25 bits per heavy atom. The largest absolute Gasteiger partial charge is 0.496 e. The molecule has 20 heavy (non-hydrogen) atoms. The van der Waals surface area contributed by atoms with Crippen LogP contribution >= 0.6 is 15.9 Å². The summed E-state index contributed by atoms with van der Waals surface area (Å²) in [6.07, 6.45) is 0. The summed E-state index contributed by atoms with van der Waals surface area (Å²) in [7, 11) is 1.51. The van der Waals surface area contributed by atoms with Crippen molar-refractivity contribution in [1.82, 2.24) is 0 Å². The van der Waals surface area contributed by atoms with E-state index in [1.807, 2.05) is 25.1 Å². The van der Waals surface area contributed by atoms with Crippen LogP contribution in [0.25, 0.3) is 0 Å².